The summed E-state index contributed by atoms with van der Waals surface area (Å²) in [5.41, 5.74) is 1.89. The fraction of sp³-hybridized carbons (Fsp3) is 0.235. The van der Waals surface area contributed by atoms with Gasteiger partial charge in [-0.3, -0.25) is 17.6 Å². The first-order valence-electron chi connectivity index (χ1n) is 6.91. The van der Waals surface area contributed by atoms with Gasteiger partial charge in [0.05, 0.1) is 6.54 Å². The molecule has 1 aromatic carbocycles. The van der Waals surface area contributed by atoms with E-state index < -0.39 is 0 Å². The third-order valence-corrected chi connectivity index (χ3v) is 2.66. The van der Waals surface area contributed by atoms with Gasteiger partial charge in [-0.25, -0.2) is 0 Å². The molecular formula is C17H19KN4O-2. The second kappa shape index (κ2) is 12.4. The number of anilines is 1. The van der Waals surface area contributed by atoms with Crippen LogP contribution in [0.5, 0.6) is 0 Å². The quantitative estimate of drug-likeness (QED) is 0.291. The number of ketones is 1. The van der Waals surface area contributed by atoms with E-state index in [1.165, 1.54) is 13.0 Å². The molecule has 0 radical (unpaired) electrons. The van der Waals surface area contributed by atoms with Gasteiger partial charge in [-0.2, -0.15) is 6.08 Å². The summed E-state index contributed by atoms with van der Waals surface area (Å²) in [6, 6.07) is 7.25. The normalized spacial score (nSPS) is 11.2. The van der Waals surface area contributed by atoms with Crippen LogP contribution in [0.1, 0.15) is 19.4 Å². The first kappa shape index (κ1) is 21.9. The predicted molar refractivity (Wildman–Crippen MR) is 91.7 cm³/mol. The van der Waals surface area contributed by atoms with Gasteiger partial charge in [-0.05, 0) is 26.1 Å². The average Bonchev–Trinajstić information content (AvgIpc) is 2.53. The maximum atomic E-state index is 11.0. The van der Waals surface area contributed by atoms with Gasteiger partial charge in [0.2, 0.25) is 0 Å². The topological polar surface area (TPSA) is 75.8 Å². The van der Waals surface area contributed by atoms with Crippen LogP contribution >= 0.6 is 0 Å². The van der Waals surface area contributed by atoms with Crippen LogP contribution < -0.4 is 62.0 Å². The molecule has 0 aliphatic carbocycles. The van der Waals surface area contributed by atoms with Crippen LogP contribution in [-0.2, 0) is 4.79 Å². The van der Waals surface area contributed by atoms with Crippen LogP contribution in [0.15, 0.2) is 35.3 Å². The molecule has 5 nitrogen and oxygen atoms in total. The van der Waals surface area contributed by atoms with E-state index in [2.05, 4.69) is 21.8 Å². The number of amidine groups is 1. The van der Waals surface area contributed by atoms with Crippen LogP contribution in [0.4, 0.5) is 5.69 Å². The summed E-state index contributed by atoms with van der Waals surface area (Å²) in [6.07, 6.45) is 5.00. The number of rotatable bonds is 8. The predicted octanol–water partition coefficient (Wildman–Crippen LogP) is -0.527. The van der Waals surface area contributed by atoms with Gasteiger partial charge in [0.25, 0.3) is 0 Å². The van der Waals surface area contributed by atoms with Crippen molar-refractivity contribution < 1.29 is 56.2 Å². The molecule has 0 saturated heterocycles. The largest absolute Gasteiger partial charge is 1.00 e. The molecule has 0 aliphatic heterocycles. The zero-order valence-electron chi connectivity index (χ0n) is 13.8. The fourth-order valence-electron chi connectivity index (χ4n) is 1.63. The summed E-state index contributed by atoms with van der Waals surface area (Å²) >= 11 is 0. The van der Waals surface area contributed by atoms with Crippen LogP contribution in [-0.4, -0.2) is 30.9 Å². The summed E-state index contributed by atoms with van der Waals surface area (Å²) in [5, 5.41) is 15.3. The van der Waals surface area contributed by atoms with Crippen molar-refractivity contribution in [3.63, 3.8) is 0 Å². The summed E-state index contributed by atoms with van der Waals surface area (Å²) in [5.74, 6) is 0.507. The number of hydrogen-bond donors (Lipinski definition) is 2. The van der Waals surface area contributed by atoms with E-state index >= 15 is 0 Å². The summed E-state index contributed by atoms with van der Waals surface area (Å²) in [4.78, 5) is 15.1. The van der Waals surface area contributed by atoms with Crippen molar-refractivity contribution in [2.75, 3.05) is 18.4 Å². The molecule has 116 valence electrons. The number of aliphatic imine (C=N–C) groups is 1. The molecule has 0 bridgehead atoms. The molecular weight excluding hydrogens is 315 g/mol. The van der Waals surface area contributed by atoms with Gasteiger partial charge in [0.15, 0.2) is 0 Å². The van der Waals surface area contributed by atoms with Gasteiger partial charge < -0.3 is 21.0 Å². The Morgan fingerprint density at radius 3 is 2.78 bits per heavy atom. The zero-order valence-corrected chi connectivity index (χ0v) is 16.9. The number of nitrogens with zero attached hydrogens (tertiary/aromatic N) is 2. The second-order valence-electron chi connectivity index (χ2n) is 4.48. The van der Waals surface area contributed by atoms with E-state index in [4.69, 9.17) is 6.58 Å². The van der Waals surface area contributed by atoms with E-state index in [1.54, 1.807) is 6.07 Å². The van der Waals surface area contributed by atoms with Gasteiger partial charge in [-0.15, -0.1) is 5.57 Å². The Balaban J connectivity index is 0.00000484. The number of carbonyl (C=O) groups is 1. The van der Waals surface area contributed by atoms with Gasteiger partial charge >= 0.3 is 51.4 Å². The fourth-order valence-corrected chi connectivity index (χ4v) is 1.63. The minimum Gasteiger partial charge on any atom is -0.862 e. The minimum absolute atomic E-state index is 0. The number of nitrogens with one attached hydrogen (secondary N) is 2. The number of benzene rings is 1. The Morgan fingerprint density at radius 2 is 2.22 bits per heavy atom. The van der Waals surface area contributed by atoms with Gasteiger partial charge in [0, 0.05) is 18.1 Å². The molecule has 23 heavy (non-hydrogen) atoms. The van der Waals surface area contributed by atoms with Crippen molar-refractivity contribution in [1.29, 1.82) is 0 Å². The van der Waals surface area contributed by atoms with Crippen molar-refractivity contribution in [3.05, 3.63) is 54.1 Å². The van der Waals surface area contributed by atoms with Crippen molar-refractivity contribution in [1.82, 2.24) is 5.32 Å². The van der Waals surface area contributed by atoms with Crippen LogP contribution in [0.2, 0.25) is 0 Å². The first-order chi connectivity index (χ1) is 10.6. The third-order valence-electron chi connectivity index (χ3n) is 2.66. The number of hydrogen-bond acceptors (Lipinski definition) is 3. The maximum Gasteiger partial charge on any atom is 1.00 e. The van der Waals surface area contributed by atoms with Crippen LogP contribution in [0, 0.1) is 12.8 Å². The summed E-state index contributed by atoms with van der Waals surface area (Å²) < 4.78 is 0. The molecule has 0 spiro atoms. The Hall–Kier alpha value is -1.05. The van der Waals surface area contributed by atoms with Crippen LogP contribution in [0.25, 0.3) is 11.0 Å². The summed E-state index contributed by atoms with van der Waals surface area (Å²) in [7, 11) is 0. The third kappa shape index (κ3) is 8.38. The molecule has 2 N–H and O–H groups in total. The summed E-state index contributed by atoms with van der Waals surface area (Å²) in [6.45, 7) is 9.80. The number of allylic oxidation sites excluding steroid dienone is 1. The van der Waals surface area contributed by atoms with Crippen molar-refractivity contribution in [3.8, 4) is 0 Å². The second-order valence-corrected chi connectivity index (χ2v) is 4.48. The van der Waals surface area contributed by atoms with E-state index in [-0.39, 0.29) is 63.7 Å². The number of Topliss-reactive ketones (excluding diaryl/α,β-unsaturated/α-hetero) is 1. The maximum absolute atomic E-state index is 11.0. The molecule has 0 unspecified atom stereocenters. The number of carbonyl (C=O) groups excluding carboxylic acids is 1. The molecule has 0 aromatic heterocycles. The van der Waals surface area contributed by atoms with Crippen molar-refractivity contribution in [2.45, 2.75) is 13.8 Å². The standard InChI is InChI=1S/C17H19N4O.K/c1-4-17(19-5-2)21-12-15(10-18)14-7-6-8-16(9-14)20-11-13(3)22;/h1,4,6-10,20H,5,11H2,2-3H3,(H,19,21);/q-3;+1. The molecule has 0 heterocycles. The van der Waals surface area contributed by atoms with Gasteiger partial charge in [-0.1, -0.05) is 23.8 Å². The minimum atomic E-state index is 0. The molecule has 0 fully saturated rings. The SMILES string of the molecule is [CH-]=CC(=N[C-]=C(C=[N-])c1cccc(NCC(C)=O)c1)NCC.[K+]. The molecule has 0 atom stereocenters. The van der Waals surface area contributed by atoms with E-state index in [0.717, 1.165) is 11.9 Å². The average molecular weight is 334 g/mol. The van der Waals surface area contributed by atoms with Crippen molar-refractivity contribution >= 4 is 29.1 Å². The molecule has 6 heteroatoms. The first-order valence-corrected chi connectivity index (χ1v) is 6.91. The van der Waals surface area contributed by atoms with Crippen molar-refractivity contribution in [2.24, 2.45) is 4.99 Å². The zero-order chi connectivity index (χ0) is 16.4. The molecule has 0 saturated carbocycles. The molecule has 1 aromatic rings. The van der Waals surface area contributed by atoms with Gasteiger partial charge in [0.1, 0.15) is 5.78 Å². The Kier molecular flexibility index (Phi) is 11.8. The monoisotopic (exact) mass is 334 g/mol. The molecule has 1 rings (SSSR count). The smallest absolute Gasteiger partial charge is 0.862 e. The van der Waals surface area contributed by atoms with E-state index in [9.17, 15) is 10.2 Å². The Bertz CT molecular complexity index is 608. The van der Waals surface area contributed by atoms with E-state index in [0.29, 0.717) is 23.5 Å². The van der Waals surface area contributed by atoms with Crippen LogP contribution in [0.3, 0.4) is 0 Å². The molecule has 0 aliphatic rings. The Labute approximate surface area is 180 Å². The van der Waals surface area contributed by atoms with E-state index in [1.807, 2.05) is 25.1 Å². The Morgan fingerprint density at radius 1 is 1.48 bits per heavy atom. The molecule has 0 amide bonds. The number of likely N-dealkylation sites (N-methyl/N-ethyl adjacent to an activating group) is 1.